The molecule has 0 saturated carbocycles. The lowest BCUT2D eigenvalue weighted by molar-refractivity contribution is -0.143. The number of alkyl halides is 6. The van der Waals surface area contributed by atoms with Crippen molar-refractivity contribution in [2.24, 2.45) is 0 Å². The van der Waals surface area contributed by atoms with E-state index in [1.54, 1.807) is 29.2 Å². The highest BCUT2D eigenvalue weighted by atomic mass is 35.5. The zero-order valence-corrected chi connectivity index (χ0v) is 21.3. The van der Waals surface area contributed by atoms with Crippen LogP contribution in [0.4, 0.5) is 36.8 Å². The van der Waals surface area contributed by atoms with Crippen molar-refractivity contribution < 1.29 is 35.9 Å². The highest BCUT2D eigenvalue weighted by molar-refractivity contribution is 6.30. The van der Waals surface area contributed by atoms with Crippen molar-refractivity contribution in [3.63, 3.8) is 0 Å². The molecule has 39 heavy (non-hydrogen) atoms. The lowest BCUT2D eigenvalue weighted by Crippen LogP contribution is -2.52. The van der Waals surface area contributed by atoms with Crippen LogP contribution in [0.3, 0.4) is 0 Å². The van der Waals surface area contributed by atoms with E-state index in [2.05, 4.69) is 5.32 Å². The van der Waals surface area contributed by atoms with Gasteiger partial charge >= 0.3 is 18.4 Å². The van der Waals surface area contributed by atoms with Gasteiger partial charge in [0.25, 0.3) is 0 Å². The van der Waals surface area contributed by atoms with Crippen LogP contribution in [0.1, 0.15) is 35.1 Å². The van der Waals surface area contributed by atoms with Crippen LogP contribution in [0.15, 0.2) is 72.8 Å². The second kappa shape index (κ2) is 11.5. The van der Waals surface area contributed by atoms with Crippen LogP contribution in [-0.4, -0.2) is 30.6 Å². The fraction of sp³-hybridized carbons (Fsp3) is 0.321. The molecule has 0 aliphatic carbocycles. The molecule has 0 spiro atoms. The number of piperidine rings is 1. The molecule has 1 heterocycles. The molecule has 0 aromatic heterocycles. The van der Waals surface area contributed by atoms with E-state index in [4.69, 9.17) is 16.3 Å². The van der Waals surface area contributed by atoms with E-state index >= 15 is 0 Å². The maximum Gasteiger partial charge on any atom is 0.416 e. The third kappa shape index (κ3) is 7.24. The van der Waals surface area contributed by atoms with E-state index in [0.29, 0.717) is 42.2 Å². The molecular weight excluding hydrogens is 546 g/mol. The molecule has 1 N–H and O–H groups in total. The first kappa shape index (κ1) is 28.8. The van der Waals surface area contributed by atoms with Crippen molar-refractivity contribution in [2.45, 2.75) is 37.2 Å². The van der Waals surface area contributed by atoms with Gasteiger partial charge in [0, 0.05) is 29.2 Å². The van der Waals surface area contributed by atoms with E-state index in [1.165, 1.54) is 0 Å². The Morgan fingerprint density at radius 3 is 2.13 bits per heavy atom. The second-order valence-corrected chi connectivity index (χ2v) is 9.95. The van der Waals surface area contributed by atoms with E-state index in [0.717, 1.165) is 5.56 Å². The first-order valence-electron chi connectivity index (χ1n) is 12.1. The zero-order valence-electron chi connectivity index (χ0n) is 20.6. The molecule has 0 radical (unpaired) electrons. The Bertz CT molecular complexity index is 1250. The Kier molecular flexibility index (Phi) is 8.46. The maximum absolute atomic E-state index is 13.3. The summed E-state index contributed by atoms with van der Waals surface area (Å²) < 4.78 is 85.4. The van der Waals surface area contributed by atoms with Crippen molar-refractivity contribution in [3.8, 4) is 0 Å². The summed E-state index contributed by atoms with van der Waals surface area (Å²) in [6.45, 7) is 0.237. The average Bonchev–Trinajstić information content (AvgIpc) is 2.89. The summed E-state index contributed by atoms with van der Waals surface area (Å²) in [5, 5.41) is 3.35. The topological polar surface area (TPSA) is 41.6 Å². The summed E-state index contributed by atoms with van der Waals surface area (Å²) in [7, 11) is 0. The van der Waals surface area contributed by atoms with Gasteiger partial charge in [-0.05, 0) is 66.4 Å². The molecule has 1 unspecified atom stereocenters. The summed E-state index contributed by atoms with van der Waals surface area (Å²) >= 11 is 5.91. The summed E-state index contributed by atoms with van der Waals surface area (Å²) in [6, 6.07) is 16.9. The number of carbonyl (C=O) groups is 1. The molecule has 1 atom stereocenters. The number of benzene rings is 3. The number of hydrogen-bond acceptors (Lipinski definition) is 2. The monoisotopic (exact) mass is 570 g/mol. The number of urea groups is 1. The van der Waals surface area contributed by atoms with Crippen LogP contribution < -0.4 is 5.32 Å². The minimum Gasteiger partial charge on any atom is -0.376 e. The fourth-order valence-electron chi connectivity index (χ4n) is 4.74. The Hall–Kier alpha value is -3.24. The molecule has 1 aliphatic rings. The molecule has 3 aromatic rings. The van der Waals surface area contributed by atoms with Gasteiger partial charge in [0.2, 0.25) is 0 Å². The van der Waals surface area contributed by atoms with Crippen LogP contribution in [0, 0.1) is 0 Å². The summed E-state index contributed by atoms with van der Waals surface area (Å²) in [5.74, 6) is 0. The Morgan fingerprint density at radius 2 is 1.54 bits per heavy atom. The van der Waals surface area contributed by atoms with Crippen molar-refractivity contribution in [1.82, 2.24) is 4.90 Å². The number of anilines is 1. The molecule has 1 aliphatic heterocycles. The lowest BCUT2D eigenvalue weighted by atomic mass is 9.74. The van der Waals surface area contributed by atoms with Gasteiger partial charge in [0.15, 0.2) is 0 Å². The van der Waals surface area contributed by atoms with Crippen LogP contribution in [-0.2, 0) is 29.1 Å². The second-order valence-electron chi connectivity index (χ2n) is 9.52. The average molecular weight is 571 g/mol. The molecule has 4 rings (SSSR count). The fourth-order valence-corrected chi connectivity index (χ4v) is 4.86. The number of carbonyl (C=O) groups excluding carboxylic acids is 1. The first-order chi connectivity index (χ1) is 18.4. The zero-order chi connectivity index (χ0) is 28.3. The van der Waals surface area contributed by atoms with E-state index in [-0.39, 0.29) is 30.8 Å². The van der Waals surface area contributed by atoms with Gasteiger partial charge in [-0.1, -0.05) is 41.9 Å². The van der Waals surface area contributed by atoms with E-state index in [9.17, 15) is 31.1 Å². The van der Waals surface area contributed by atoms with Gasteiger partial charge in [0.1, 0.15) is 0 Å². The lowest BCUT2D eigenvalue weighted by Gasteiger charge is -2.43. The Morgan fingerprint density at radius 1 is 0.923 bits per heavy atom. The van der Waals surface area contributed by atoms with Crippen LogP contribution in [0.25, 0.3) is 0 Å². The van der Waals surface area contributed by atoms with Gasteiger partial charge in [-0.3, -0.25) is 0 Å². The third-order valence-electron chi connectivity index (χ3n) is 6.64. The molecule has 3 aromatic carbocycles. The quantitative estimate of drug-likeness (QED) is 0.304. The smallest absolute Gasteiger partial charge is 0.376 e. The van der Waals surface area contributed by atoms with Crippen molar-refractivity contribution in [1.29, 1.82) is 0 Å². The summed E-state index contributed by atoms with van der Waals surface area (Å²) in [6.07, 6.45) is -8.66. The number of likely N-dealkylation sites (tertiary alicyclic amines) is 1. The molecule has 2 amide bonds. The van der Waals surface area contributed by atoms with Gasteiger partial charge < -0.3 is 15.0 Å². The number of amides is 2. The van der Waals surface area contributed by atoms with Crippen LogP contribution in [0.2, 0.25) is 5.02 Å². The normalized spacial score (nSPS) is 18.2. The Balaban J connectivity index is 1.54. The SMILES string of the molecule is O=C(Nc1ccc(Cl)cc1)N1CCCC(COCc2cc(C(F)(F)F)cc(C(F)(F)F)c2)(c2ccccc2)C1. The molecule has 0 bridgehead atoms. The minimum atomic E-state index is -4.94. The van der Waals surface area contributed by atoms with Crippen LogP contribution in [0.5, 0.6) is 0 Å². The van der Waals surface area contributed by atoms with Crippen molar-refractivity contribution in [3.05, 3.63) is 100 Å². The predicted octanol–water partition coefficient (Wildman–Crippen LogP) is 8.16. The van der Waals surface area contributed by atoms with Crippen LogP contribution >= 0.6 is 11.6 Å². The van der Waals surface area contributed by atoms with Crippen molar-refractivity contribution >= 4 is 23.3 Å². The molecular formula is C28H25ClF6N2O2. The third-order valence-corrected chi connectivity index (χ3v) is 6.89. The number of nitrogens with zero attached hydrogens (tertiary/aromatic N) is 1. The van der Waals surface area contributed by atoms with Gasteiger partial charge in [-0.25, -0.2) is 4.79 Å². The largest absolute Gasteiger partial charge is 0.416 e. The predicted molar refractivity (Wildman–Crippen MR) is 135 cm³/mol. The summed E-state index contributed by atoms with van der Waals surface area (Å²) in [5.41, 5.74) is -2.33. The standard InChI is InChI=1S/C28H25ClF6N2O2/c29-23-7-9-24(10-8-23)36-25(38)37-12-4-11-26(17-37,20-5-2-1-3-6-20)18-39-16-19-13-21(27(30,31)32)15-22(14-19)28(33,34)35/h1-3,5-10,13-15H,4,11-12,16-18H2,(H,36,38). The highest BCUT2D eigenvalue weighted by Gasteiger charge is 2.40. The van der Waals surface area contributed by atoms with E-state index in [1.807, 2.05) is 30.3 Å². The molecule has 1 saturated heterocycles. The Labute approximate surface area is 226 Å². The maximum atomic E-state index is 13.3. The molecule has 1 fully saturated rings. The summed E-state index contributed by atoms with van der Waals surface area (Å²) in [4.78, 5) is 14.7. The molecule has 4 nitrogen and oxygen atoms in total. The van der Waals surface area contributed by atoms with Crippen molar-refractivity contribution in [2.75, 3.05) is 25.0 Å². The van der Waals surface area contributed by atoms with E-state index < -0.39 is 35.5 Å². The minimum absolute atomic E-state index is 0.0145. The molecule has 208 valence electrons. The van der Waals surface area contributed by atoms with Gasteiger partial charge in [-0.15, -0.1) is 0 Å². The number of nitrogens with one attached hydrogen (secondary N) is 1. The molecule has 11 heteroatoms. The number of ether oxygens (including phenoxy) is 1. The first-order valence-corrected chi connectivity index (χ1v) is 12.5. The van der Waals surface area contributed by atoms with Gasteiger partial charge in [0.05, 0.1) is 24.3 Å². The van der Waals surface area contributed by atoms with Gasteiger partial charge in [-0.2, -0.15) is 26.3 Å². The number of hydrogen-bond donors (Lipinski definition) is 1. The highest BCUT2D eigenvalue weighted by Crippen LogP contribution is 2.38. The number of halogens is 7. The number of rotatable bonds is 6.